The van der Waals surface area contributed by atoms with E-state index in [1.807, 2.05) is 12.1 Å². The molecule has 0 radical (unpaired) electrons. The summed E-state index contributed by atoms with van der Waals surface area (Å²) in [4.78, 5) is 30.6. The van der Waals surface area contributed by atoms with E-state index in [9.17, 15) is 9.59 Å². The number of H-pyrrole nitrogens is 1. The van der Waals surface area contributed by atoms with E-state index in [0.29, 0.717) is 23.0 Å². The van der Waals surface area contributed by atoms with Crippen molar-refractivity contribution in [3.8, 4) is 0 Å². The number of unbranched alkanes of at least 4 members (excludes halogenated alkanes) is 1. The number of carbonyl (C=O) groups is 1. The highest BCUT2D eigenvalue weighted by atomic mass is 16.5. The molecule has 0 unspecified atom stereocenters. The molecule has 0 amide bonds. The van der Waals surface area contributed by atoms with Gasteiger partial charge >= 0.3 is 5.97 Å². The van der Waals surface area contributed by atoms with E-state index in [4.69, 9.17) is 4.74 Å². The number of para-hydroxylation sites is 1. The Labute approximate surface area is 142 Å². The minimum Gasteiger partial charge on any atom is -0.461 e. The van der Waals surface area contributed by atoms with Gasteiger partial charge in [0.05, 0.1) is 6.61 Å². The van der Waals surface area contributed by atoms with Gasteiger partial charge in [0.2, 0.25) is 0 Å². The topological polar surface area (TPSA) is 62.4 Å². The molecule has 5 nitrogen and oxygen atoms in total. The van der Waals surface area contributed by atoms with Gasteiger partial charge in [0.25, 0.3) is 0 Å². The van der Waals surface area contributed by atoms with Crippen LogP contribution in [0.4, 0.5) is 0 Å². The van der Waals surface area contributed by atoms with Gasteiger partial charge in [0, 0.05) is 23.0 Å². The van der Waals surface area contributed by atoms with Crippen molar-refractivity contribution >= 4 is 16.9 Å². The monoisotopic (exact) mass is 330 g/mol. The number of benzene rings is 1. The third-order valence-electron chi connectivity index (χ3n) is 4.14. The molecule has 0 aliphatic carbocycles. The Morgan fingerprint density at radius 3 is 2.62 bits per heavy atom. The summed E-state index contributed by atoms with van der Waals surface area (Å²) in [7, 11) is 0. The highest BCUT2D eigenvalue weighted by Crippen LogP contribution is 2.15. The van der Waals surface area contributed by atoms with Crippen molar-refractivity contribution in [3.63, 3.8) is 0 Å². The summed E-state index contributed by atoms with van der Waals surface area (Å²) in [5.74, 6) is -0.470. The minimum atomic E-state index is -0.470. The molecule has 0 spiro atoms. The number of esters is 1. The summed E-state index contributed by atoms with van der Waals surface area (Å²) < 4.78 is 5.14. The summed E-state index contributed by atoms with van der Waals surface area (Å²) in [5.41, 5.74) is 1.33. The molecule has 0 aliphatic heterocycles. The molecule has 0 atom stereocenters. The maximum Gasteiger partial charge on any atom is 0.355 e. The Bertz CT molecular complexity index is 752. The lowest BCUT2D eigenvalue weighted by atomic mass is 10.1. The van der Waals surface area contributed by atoms with Crippen LogP contribution in [0.3, 0.4) is 0 Å². The predicted molar refractivity (Wildman–Crippen MR) is 96.4 cm³/mol. The fourth-order valence-electron chi connectivity index (χ4n) is 2.76. The molecule has 1 N–H and O–H groups in total. The third kappa shape index (κ3) is 4.03. The lowest BCUT2D eigenvalue weighted by molar-refractivity contribution is 0.0517. The van der Waals surface area contributed by atoms with E-state index >= 15 is 0 Å². The lowest BCUT2D eigenvalue weighted by Crippen LogP contribution is -2.30. The average molecular weight is 330 g/mol. The molecule has 0 aliphatic rings. The van der Waals surface area contributed by atoms with Crippen LogP contribution in [0.15, 0.2) is 29.1 Å². The van der Waals surface area contributed by atoms with E-state index in [1.165, 1.54) is 0 Å². The van der Waals surface area contributed by atoms with Crippen LogP contribution in [0.25, 0.3) is 10.9 Å². The summed E-state index contributed by atoms with van der Waals surface area (Å²) in [6.07, 6.45) is 2.16. The first-order valence-electron chi connectivity index (χ1n) is 8.65. The Hall–Kier alpha value is -2.14. The zero-order valence-electron chi connectivity index (χ0n) is 14.7. The maximum atomic E-state index is 12.9. The molecule has 1 aromatic carbocycles. The van der Waals surface area contributed by atoms with Gasteiger partial charge in [-0.3, -0.25) is 9.69 Å². The Morgan fingerprint density at radius 1 is 1.21 bits per heavy atom. The van der Waals surface area contributed by atoms with Gasteiger partial charge in [-0.05, 0) is 38.6 Å². The Kier molecular flexibility index (Phi) is 6.55. The summed E-state index contributed by atoms with van der Waals surface area (Å²) in [5, 5.41) is 0.604. The van der Waals surface area contributed by atoms with Crippen molar-refractivity contribution < 1.29 is 9.53 Å². The summed E-state index contributed by atoms with van der Waals surface area (Å²) >= 11 is 0. The van der Waals surface area contributed by atoms with Crippen molar-refractivity contribution in [2.24, 2.45) is 0 Å². The first-order chi connectivity index (χ1) is 11.6. The number of hydrogen-bond acceptors (Lipinski definition) is 4. The van der Waals surface area contributed by atoms with Crippen molar-refractivity contribution in [3.05, 3.63) is 45.7 Å². The minimum absolute atomic E-state index is 0.0950. The van der Waals surface area contributed by atoms with E-state index < -0.39 is 5.97 Å². The van der Waals surface area contributed by atoms with E-state index in [1.54, 1.807) is 19.1 Å². The molecule has 2 rings (SSSR count). The van der Waals surface area contributed by atoms with Gasteiger partial charge < -0.3 is 9.72 Å². The van der Waals surface area contributed by atoms with Crippen LogP contribution in [-0.2, 0) is 11.3 Å². The van der Waals surface area contributed by atoms with Gasteiger partial charge in [-0.2, -0.15) is 0 Å². The number of nitrogens with zero attached hydrogens (tertiary/aromatic N) is 1. The van der Waals surface area contributed by atoms with E-state index in [-0.39, 0.29) is 17.7 Å². The summed E-state index contributed by atoms with van der Waals surface area (Å²) in [6.45, 7) is 8.42. The SMILES string of the molecule is CCCCN(CC)Cc1c(C(=O)OCC)[nH]c2ccccc2c1=O. The Morgan fingerprint density at radius 2 is 1.96 bits per heavy atom. The Balaban J connectivity index is 2.51. The van der Waals surface area contributed by atoms with Gasteiger partial charge in [-0.25, -0.2) is 4.79 Å². The second kappa shape index (κ2) is 8.64. The van der Waals surface area contributed by atoms with Crippen LogP contribution in [0.1, 0.15) is 49.7 Å². The number of ether oxygens (including phenoxy) is 1. The molecule has 0 saturated carbocycles. The first kappa shape index (κ1) is 18.2. The van der Waals surface area contributed by atoms with Gasteiger partial charge in [0.1, 0.15) is 5.69 Å². The molecule has 1 aromatic heterocycles. The van der Waals surface area contributed by atoms with Crippen LogP contribution < -0.4 is 5.43 Å². The predicted octanol–water partition coefficient (Wildman–Crippen LogP) is 3.33. The van der Waals surface area contributed by atoms with Crippen LogP contribution in [-0.4, -0.2) is 35.5 Å². The van der Waals surface area contributed by atoms with Gasteiger partial charge in [0.15, 0.2) is 5.43 Å². The number of aromatic nitrogens is 1. The number of rotatable bonds is 8. The molecule has 130 valence electrons. The number of nitrogens with one attached hydrogen (secondary N) is 1. The van der Waals surface area contributed by atoms with Crippen molar-refractivity contribution in [2.45, 2.75) is 40.2 Å². The van der Waals surface area contributed by atoms with Crippen LogP contribution >= 0.6 is 0 Å². The highest BCUT2D eigenvalue weighted by Gasteiger charge is 2.20. The van der Waals surface area contributed by atoms with E-state index in [2.05, 4.69) is 23.7 Å². The molecular formula is C19H26N2O3. The standard InChI is InChI=1S/C19H26N2O3/c1-4-7-12-21(5-2)13-15-17(19(23)24-6-3)20-16-11-9-8-10-14(16)18(15)22/h8-11H,4-7,12-13H2,1-3H3,(H,20,22). The van der Waals surface area contributed by atoms with Crippen LogP contribution in [0.2, 0.25) is 0 Å². The quantitative estimate of drug-likeness (QED) is 0.754. The lowest BCUT2D eigenvalue weighted by Gasteiger charge is -2.21. The first-order valence-corrected chi connectivity index (χ1v) is 8.65. The molecule has 0 saturated heterocycles. The van der Waals surface area contributed by atoms with Gasteiger partial charge in [-0.1, -0.05) is 32.4 Å². The molecule has 0 bridgehead atoms. The van der Waals surface area contributed by atoms with Gasteiger partial charge in [-0.15, -0.1) is 0 Å². The third-order valence-corrected chi connectivity index (χ3v) is 4.14. The normalized spacial score (nSPS) is 11.2. The molecule has 1 heterocycles. The second-order valence-corrected chi connectivity index (χ2v) is 5.80. The zero-order valence-corrected chi connectivity index (χ0v) is 14.7. The number of carbonyl (C=O) groups excluding carboxylic acids is 1. The smallest absolute Gasteiger partial charge is 0.355 e. The maximum absolute atomic E-state index is 12.9. The molecule has 5 heteroatoms. The number of hydrogen-bond donors (Lipinski definition) is 1. The van der Waals surface area contributed by atoms with E-state index in [0.717, 1.165) is 25.9 Å². The highest BCUT2D eigenvalue weighted by molar-refractivity contribution is 5.92. The number of aromatic amines is 1. The van der Waals surface area contributed by atoms with Crippen molar-refractivity contribution in [2.75, 3.05) is 19.7 Å². The van der Waals surface area contributed by atoms with Crippen molar-refractivity contribution in [1.29, 1.82) is 0 Å². The molecule has 24 heavy (non-hydrogen) atoms. The fraction of sp³-hybridized carbons (Fsp3) is 0.474. The van der Waals surface area contributed by atoms with Crippen LogP contribution in [0.5, 0.6) is 0 Å². The van der Waals surface area contributed by atoms with Crippen LogP contribution in [0, 0.1) is 0 Å². The fourth-order valence-corrected chi connectivity index (χ4v) is 2.76. The molecule has 2 aromatic rings. The summed E-state index contributed by atoms with van der Waals surface area (Å²) in [6, 6.07) is 7.26. The number of fused-ring (bicyclic) bond motifs is 1. The molecule has 0 fully saturated rings. The zero-order chi connectivity index (χ0) is 17.5. The van der Waals surface area contributed by atoms with Crippen molar-refractivity contribution in [1.82, 2.24) is 9.88 Å². The second-order valence-electron chi connectivity index (χ2n) is 5.80. The average Bonchev–Trinajstić information content (AvgIpc) is 2.60. The largest absolute Gasteiger partial charge is 0.461 e. The molecular weight excluding hydrogens is 304 g/mol. The number of pyridine rings is 1.